The predicted molar refractivity (Wildman–Crippen MR) is 66.4 cm³/mol. The van der Waals surface area contributed by atoms with Gasteiger partial charge in [0.25, 0.3) is 0 Å². The smallest absolute Gasteiger partial charge is 0.137 e. The van der Waals surface area contributed by atoms with Crippen LogP contribution in [0.2, 0.25) is 0 Å². The molecule has 0 aromatic heterocycles. The molecule has 1 atom stereocenters. The van der Waals surface area contributed by atoms with Crippen molar-refractivity contribution in [2.45, 2.75) is 30.2 Å². The van der Waals surface area contributed by atoms with E-state index < -0.39 is 9.92 Å². The molecule has 0 radical (unpaired) electrons. The Hall–Kier alpha value is -1.07. The lowest BCUT2D eigenvalue weighted by Crippen LogP contribution is -2.24. The molecule has 1 saturated carbocycles. The molecule has 1 aliphatic rings. The number of hydrogen-bond acceptors (Lipinski definition) is 3. The molecule has 1 unspecified atom stereocenters. The molecule has 4 nitrogen and oxygen atoms in total. The van der Waals surface area contributed by atoms with Crippen LogP contribution in [0.3, 0.4) is 0 Å². The number of benzene rings is 1. The van der Waals surface area contributed by atoms with E-state index >= 15 is 0 Å². The Morgan fingerprint density at radius 3 is 2.75 bits per heavy atom. The van der Waals surface area contributed by atoms with Crippen LogP contribution in [0.25, 0.3) is 0 Å². The monoisotopic (exact) mass is 239 g/mol. The highest BCUT2D eigenvalue weighted by Crippen LogP contribution is 2.25. The highest BCUT2D eigenvalue weighted by molar-refractivity contribution is 7.91. The summed E-state index contributed by atoms with van der Waals surface area (Å²) in [7, 11) is -0.819. The molecular weight excluding hydrogens is 222 g/mol. The molecule has 0 amide bonds. The highest BCUT2D eigenvalue weighted by atomic mass is 32.2. The zero-order chi connectivity index (χ0) is 11.6. The average Bonchev–Trinajstić information content (AvgIpc) is 2.23. The van der Waals surface area contributed by atoms with Crippen molar-refractivity contribution < 1.29 is 4.21 Å². The van der Waals surface area contributed by atoms with Gasteiger partial charge in [-0.25, -0.2) is 13.3 Å². The molecule has 0 saturated heterocycles. The van der Waals surface area contributed by atoms with Gasteiger partial charge in [-0.15, -0.1) is 0 Å². The lowest BCUT2D eigenvalue weighted by atomic mass is 9.95. The quantitative estimate of drug-likeness (QED) is 0.789. The summed E-state index contributed by atoms with van der Waals surface area (Å²) in [5, 5.41) is 0. The average molecular weight is 239 g/mol. The Balaban J connectivity index is 2.41. The molecule has 1 fully saturated rings. The number of nitrogens with two attached hydrogens (primary N) is 1. The first-order valence-electron chi connectivity index (χ1n) is 5.44. The van der Waals surface area contributed by atoms with Gasteiger partial charge in [0.2, 0.25) is 0 Å². The van der Waals surface area contributed by atoms with E-state index in [-0.39, 0.29) is 6.04 Å². The number of rotatable bonds is 3. The Kier molecular flexibility index (Phi) is 3.16. The van der Waals surface area contributed by atoms with Crippen LogP contribution in [0, 0.1) is 0 Å². The summed E-state index contributed by atoms with van der Waals surface area (Å²) in [5.41, 5.74) is 6.31. The van der Waals surface area contributed by atoms with Crippen LogP contribution < -0.4 is 10.5 Å². The predicted octanol–water partition coefficient (Wildman–Crippen LogP) is 1.78. The SMILES string of the molecule is CNS(=O)(=NC1CCC1)c1cccc(N)c1. The Morgan fingerprint density at radius 2 is 2.25 bits per heavy atom. The van der Waals surface area contributed by atoms with Crippen molar-refractivity contribution in [2.75, 3.05) is 12.8 Å². The lowest BCUT2D eigenvalue weighted by molar-refractivity contribution is 0.421. The van der Waals surface area contributed by atoms with E-state index in [1.165, 1.54) is 6.42 Å². The number of nitrogens with one attached hydrogen (secondary N) is 1. The molecule has 5 heteroatoms. The number of nitrogen functional groups attached to an aromatic ring is 1. The largest absolute Gasteiger partial charge is 0.399 e. The third-order valence-electron chi connectivity index (χ3n) is 2.83. The maximum Gasteiger partial charge on any atom is 0.137 e. The fourth-order valence-electron chi connectivity index (χ4n) is 1.62. The molecule has 3 N–H and O–H groups in total. The van der Waals surface area contributed by atoms with Gasteiger partial charge in [0.05, 0.1) is 10.9 Å². The van der Waals surface area contributed by atoms with Crippen LogP contribution in [0.1, 0.15) is 19.3 Å². The van der Waals surface area contributed by atoms with Crippen molar-refractivity contribution >= 4 is 15.6 Å². The van der Waals surface area contributed by atoms with Gasteiger partial charge in [-0.05, 0) is 44.5 Å². The fraction of sp³-hybridized carbons (Fsp3) is 0.455. The van der Waals surface area contributed by atoms with Crippen molar-refractivity contribution in [3.05, 3.63) is 24.3 Å². The van der Waals surface area contributed by atoms with Crippen molar-refractivity contribution in [3.8, 4) is 0 Å². The second kappa shape index (κ2) is 4.43. The number of nitrogens with zero attached hydrogens (tertiary/aromatic N) is 1. The van der Waals surface area contributed by atoms with Crippen LogP contribution in [-0.4, -0.2) is 17.3 Å². The van der Waals surface area contributed by atoms with Crippen molar-refractivity contribution in [1.82, 2.24) is 4.72 Å². The number of anilines is 1. The van der Waals surface area contributed by atoms with Gasteiger partial charge in [0, 0.05) is 5.69 Å². The standard InChI is InChI=1S/C11H17N3OS/c1-13-16(15,14-10-5-3-6-10)11-7-2-4-9(12)8-11/h2,4,7-8,10H,3,5-6,12H2,1H3,(H,13,14,15). The minimum absolute atomic E-state index is 0.237. The summed E-state index contributed by atoms with van der Waals surface area (Å²) >= 11 is 0. The van der Waals surface area contributed by atoms with E-state index in [2.05, 4.69) is 9.08 Å². The Bertz CT molecular complexity index is 488. The number of hydrogen-bond donors (Lipinski definition) is 2. The topological polar surface area (TPSA) is 67.5 Å². The van der Waals surface area contributed by atoms with Crippen LogP contribution in [-0.2, 0) is 9.92 Å². The Morgan fingerprint density at radius 1 is 1.50 bits per heavy atom. The molecule has 0 heterocycles. The van der Waals surface area contributed by atoms with Crippen molar-refractivity contribution in [2.24, 2.45) is 4.36 Å². The zero-order valence-electron chi connectivity index (χ0n) is 9.35. The molecule has 2 rings (SSSR count). The normalized spacial score (nSPS) is 19.8. The maximum absolute atomic E-state index is 12.6. The maximum atomic E-state index is 12.6. The second-order valence-corrected chi connectivity index (χ2v) is 6.13. The van der Waals surface area contributed by atoms with Gasteiger partial charge in [-0.1, -0.05) is 6.07 Å². The van der Waals surface area contributed by atoms with Crippen LogP contribution >= 0.6 is 0 Å². The first-order chi connectivity index (χ1) is 7.64. The van der Waals surface area contributed by atoms with Crippen LogP contribution in [0.15, 0.2) is 33.5 Å². The van der Waals surface area contributed by atoms with Crippen LogP contribution in [0.5, 0.6) is 0 Å². The Labute approximate surface area is 96.6 Å². The van der Waals surface area contributed by atoms with Gasteiger partial charge < -0.3 is 5.73 Å². The lowest BCUT2D eigenvalue weighted by Gasteiger charge is -2.23. The molecule has 1 aliphatic carbocycles. The summed E-state index contributed by atoms with van der Waals surface area (Å²) in [6.07, 6.45) is 3.27. The molecule has 0 spiro atoms. The second-order valence-electron chi connectivity index (χ2n) is 3.99. The van der Waals surface area contributed by atoms with Crippen molar-refractivity contribution in [3.63, 3.8) is 0 Å². The van der Waals surface area contributed by atoms with Gasteiger partial charge in [-0.3, -0.25) is 0 Å². The summed E-state index contributed by atoms with van der Waals surface area (Å²) < 4.78 is 19.8. The molecule has 1 aromatic carbocycles. The van der Waals surface area contributed by atoms with Gasteiger partial charge in [0.15, 0.2) is 0 Å². The molecule has 0 aliphatic heterocycles. The highest BCUT2D eigenvalue weighted by Gasteiger charge is 2.20. The van der Waals surface area contributed by atoms with E-state index in [0.29, 0.717) is 10.6 Å². The molecule has 16 heavy (non-hydrogen) atoms. The molecular formula is C11H17N3OS. The summed E-state index contributed by atoms with van der Waals surface area (Å²) in [6.45, 7) is 0. The minimum Gasteiger partial charge on any atom is -0.399 e. The third kappa shape index (κ3) is 2.20. The summed E-state index contributed by atoms with van der Waals surface area (Å²) in [6, 6.07) is 7.35. The van der Waals surface area contributed by atoms with Gasteiger partial charge in [0.1, 0.15) is 9.92 Å². The van der Waals surface area contributed by atoms with E-state index in [4.69, 9.17) is 5.73 Å². The first kappa shape index (κ1) is 11.4. The molecule has 0 bridgehead atoms. The van der Waals surface area contributed by atoms with E-state index in [0.717, 1.165) is 12.8 Å². The van der Waals surface area contributed by atoms with Crippen molar-refractivity contribution in [1.29, 1.82) is 0 Å². The molecule has 1 aromatic rings. The van der Waals surface area contributed by atoms with Gasteiger partial charge in [-0.2, -0.15) is 0 Å². The van der Waals surface area contributed by atoms with Crippen LogP contribution in [0.4, 0.5) is 5.69 Å². The summed E-state index contributed by atoms with van der Waals surface area (Å²) in [4.78, 5) is 0.668. The van der Waals surface area contributed by atoms with E-state index in [1.54, 1.807) is 31.3 Å². The zero-order valence-corrected chi connectivity index (χ0v) is 10.2. The minimum atomic E-state index is -2.49. The van der Waals surface area contributed by atoms with Gasteiger partial charge >= 0.3 is 0 Å². The van der Waals surface area contributed by atoms with E-state index in [9.17, 15) is 4.21 Å². The molecule has 88 valence electrons. The fourth-order valence-corrected chi connectivity index (χ4v) is 3.27. The summed E-state index contributed by atoms with van der Waals surface area (Å²) in [5.74, 6) is 0. The van der Waals surface area contributed by atoms with E-state index in [1.807, 2.05) is 0 Å². The first-order valence-corrected chi connectivity index (χ1v) is 6.96. The third-order valence-corrected chi connectivity index (χ3v) is 4.87.